The molecule has 1 aliphatic heterocycles. The third-order valence-electron chi connectivity index (χ3n) is 4.92. The van der Waals surface area contributed by atoms with Gasteiger partial charge in [-0.1, -0.05) is 23.2 Å². The molecule has 0 saturated heterocycles. The Labute approximate surface area is 193 Å². The molecule has 0 atom stereocenters. The molecule has 3 rings (SSSR count). The fraction of sp³-hybridized carbons (Fsp3) is 0.400. The molecule has 0 bridgehead atoms. The van der Waals surface area contributed by atoms with Gasteiger partial charge in [0.15, 0.2) is 11.5 Å². The Morgan fingerprint density at radius 2 is 1.73 bits per heavy atom. The number of sulfonamides is 1. The van der Waals surface area contributed by atoms with E-state index in [0.717, 1.165) is 37.6 Å². The summed E-state index contributed by atoms with van der Waals surface area (Å²) in [5, 5.41) is 0.479. The molecule has 0 spiro atoms. The number of ether oxygens (including phenoxy) is 2. The van der Waals surface area contributed by atoms with Crippen molar-refractivity contribution in [1.82, 2.24) is 9.62 Å². The van der Waals surface area contributed by atoms with Gasteiger partial charge < -0.3 is 9.47 Å². The average Bonchev–Trinajstić information content (AvgIpc) is 2.71. The molecule has 0 saturated carbocycles. The van der Waals surface area contributed by atoms with Gasteiger partial charge in [0.25, 0.3) is 0 Å². The first-order valence-electron chi connectivity index (χ1n) is 9.25. The highest BCUT2D eigenvalue weighted by Crippen LogP contribution is 2.33. The largest absolute Gasteiger partial charge is 0.493 e. The van der Waals surface area contributed by atoms with Gasteiger partial charge in [-0.3, -0.25) is 4.90 Å². The summed E-state index contributed by atoms with van der Waals surface area (Å²) in [6.45, 7) is 2.80. The zero-order valence-electron chi connectivity index (χ0n) is 16.8. The molecule has 6 nitrogen and oxygen atoms in total. The van der Waals surface area contributed by atoms with Crippen LogP contribution in [-0.2, 0) is 23.0 Å². The van der Waals surface area contributed by atoms with Gasteiger partial charge >= 0.3 is 0 Å². The van der Waals surface area contributed by atoms with Crippen molar-refractivity contribution in [3.05, 3.63) is 51.5 Å². The molecule has 166 valence electrons. The van der Waals surface area contributed by atoms with Crippen LogP contribution in [-0.4, -0.2) is 47.2 Å². The highest BCUT2D eigenvalue weighted by Gasteiger charge is 2.20. The van der Waals surface area contributed by atoms with Crippen molar-refractivity contribution in [2.75, 3.05) is 33.9 Å². The molecule has 2 aromatic carbocycles. The Balaban J connectivity index is 0.00000320. The van der Waals surface area contributed by atoms with Crippen LogP contribution in [0.1, 0.15) is 17.5 Å². The smallest absolute Gasteiger partial charge is 0.242 e. The fourth-order valence-corrected chi connectivity index (χ4v) is 5.24. The number of benzene rings is 2. The number of hydrogen-bond acceptors (Lipinski definition) is 5. The second-order valence-corrected chi connectivity index (χ2v) is 9.41. The lowest BCUT2D eigenvalue weighted by molar-refractivity contribution is 0.250. The van der Waals surface area contributed by atoms with Crippen molar-refractivity contribution in [3.63, 3.8) is 0 Å². The van der Waals surface area contributed by atoms with E-state index in [4.69, 9.17) is 32.7 Å². The van der Waals surface area contributed by atoms with Gasteiger partial charge in [-0.15, -0.1) is 12.4 Å². The Hall–Kier alpha value is -1.22. The number of hydrogen-bond donors (Lipinski definition) is 1. The van der Waals surface area contributed by atoms with Crippen LogP contribution in [0.2, 0.25) is 10.0 Å². The summed E-state index contributed by atoms with van der Waals surface area (Å²) in [5.41, 5.74) is 2.47. The average molecular weight is 496 g/mol. The molecular weight excluding hydrogens is 471 g/mol. The molecule has 1 aliphatic rings. The molecule has 1 heterocycles. The maximum Gasteiger partial charge on any atom is 0.242 e. The maximum absolute atomic E-state index is 12.5. The molecule has 0 aromatic heterocycles. The normalized spacial score (nSPS) is 14.0. The van der Waals surface area contributed by atoms with Crippen LogP contribution in [0, 0.1) is 0 Å². The lowest BCUT2D eigenvalue weighted by Crippen LogP contribution is -2.34. The summed E-state index contributed by atoms with van der Waals surface area (Å²) >= 11 is 11.9. The predicted molar refractivity (Wildman–Crippen MR) is 122 cm³/mol. The highest BCUT2D eigenvalue weighted by atomic mass is 35.5. The van der Waals surface area contributed by atoms with Crippen molar-refractivity contribution in [3.8, 4) is 11.5 Å². The number of halogens is 3. The van der Waals surface area contributed by atoms with Gasteiger partial charge in [-0.2, -0.15) is 0 Å². The quantitative estimate of drug-likeness (QED) is 0.557. The van der Waals surface area contributed by atoms with E-state index in [-0.39, 0.29) is 22.3 Å². The number of nitrogens with zero attached hydrogens (tertiary/aromatic N) is 1. The van der Waals surface area contributed by atoms with E-state index < -0.39 is 10.0 Å². The van der Waals surface area contributed by atoms with Crippen LogP contribution < -0.4 is 14.2 Å². The Morgan fingerprint density at radius 1 is 1.07 bits per heavy atom. The summed E-state index contributed by atoms with van der Waals surface area (Å²) in [6, 6.07) is 8.45. The SMILES string of the molecule is COc1cc2c(cc1OC)CN(CCCNS(=O)(=O)c1cc(Cl)ccc1Cl)CC2.Cl. The molecule has 0 aliphatic carbocycles. The van der Waals surface area contributed by atoms with E-state index in [2.05, 4.69) is 9.62 Å². The van der Waals surface area contributed by atoms with Gasteiger partial charge in [-0.25, -0.2) is 13.1 Å². The summed E-state index contributed by atoms with van der Waals surface area (Å²) in [7, 11) is -0.433. The van der Waals surface area contributed by atoms with Crippen LogP contribution in [0.3, 0.4) is 0 Å². The van der Waals surface area contributed by atoms with Gasteiger partial charge in [0.05, 0.1) is 19.2 Å². The lowest BCUT2D eigenvalue weighted by Gasteiger charge is -2.29. The van der Waals surface area contributed by atoms with Gasteiger partial charge in [0, 0.05) is 24.7 Å². The Kier molecular flexibility index (Phi) is 9.09. The lowest BCUT2D eigenvalue weighted by atomic mass is 9.98. The highest BCUT2D eigenvalue weighted by molar-refractivity contribution is 7.89. The summed E-state index contributed by atoms with van der Waals surface area (Å²) in [6.07, 6.45) is 1.60. The van der Waals surface area contributed by atoms with Crippen molar-refractivity contribution in [2.45, 2.75) is 24.3 Å². The predicted octanol–water partition coefficient (Wildman–Crippen LogP) is 4.16. The van der Waals surface area contributed by atoms with Crippen molar-refractivity contribution < 1.29 is 17.9 Å². The van der Waals surface area contributed by atoms with Crippen LogP contribution in [0.15, 0.2) is 35.2 Å². The summed E-state index contributed by atoms with van der Waals surface area (Å²) in [5.74, 6) is 1.47. The zero-order valence-corrected chi connectivity index (χ0v) is 19.9. The first-order chi connectivity index (χ1) is 13.8. The van der Waals surface area contributed by atoms with Crippen molar-refractivity contribution in [2.24, 2.45) is 0 Å². The fourth-order valence-electron chi connectivity index (χ4n) is 3.40. The first kappa shape index (κ1) is 25.0. The molecular formula is C20H25Cl3N2O4S. The third kappa shape index (κ3) is 5.93. The number of methoxy groups -OCH3 is 2. The third-order valence-corrected chi connectivity index (χ3v) is 7.10. The topological polar surface area (TPSA) is 67.9 Å². The van der Waals surface area contributed by atoms with E-state index in [0.29, 0.717) is 18.0 Å². The molecule has 0 fully saturated rings. The van der Waals surface area contributed by atoms with Crippen LogP contribution >= 0.6 is 35.6 Å². The van der Waals surface area contributed by atoms with Gasteiger partial charge in [0.2, 0.25) is 10.0 Å². The molecule has 0 unspecified atom stereocenters. The minimum absolute atomic E-state index is 0. The molecule has 0 radical (unpaired) electrons. The van der Waals surface area contributed by atoms with E-state index in [1.165, 1.54) is 23.3 Å². The molecule has 1 N–H and O–H groups in total. The van der Waals surface area contributed by atoms with Crippen LogP contribution in [0.5, 0.6) is 11.5 Å². The minimum atomic E-state index is -3.70. The Bertz CT molecular complexity index is 986. The van der Waals surface area contributed by atoms with E-state index in [1.807, 2.05) is 12.1 Å². The number of rotatable bonds is 8. The van der Waals surface area contributed by atoms with Crippen molar-refractivity contribution >= 4 is 45.6 Å². The standard InChI is InChI=1S/C20H24Cl2N2O4S.ClH/c1-27-18-10-14-6-9-24(13-15(14)11-19(18)28-2)8-3-7-23-29(25,26)20-12-16(21)4-5-17(20)22;/h4-5,10-12,23H,3,6-9,13H2,1-2H3;1H. The van der Waals surface area contributed by atoms with Crippen LogP contribution in [0.25, 0.3) is 0 Å². The molecule has 0 amide bonds. The monoisotopic (exact) mass is 494 g/mol. The maximum atomic E-state index is 12.5. The molecule has 10 heteroatoms. The molecule has 2 aromatic rings. The van der Waals surface area contributed by atoms with E-state index in [1.54, 1.807) is 20.3 Å². The Morgan fingerprint density at radius 3 is 2.40 bits per heavy atom. The van der Waals surface area contributed by atoms with E-state index >= 15 is 0 Å². The first-order valence-corrected chi connectivity index (χ1v) is 11.5. The molecule has 30 heavy (non-hydrogen) atoms. The number of nitrogens with one attached hydrogen (secondary N) is 1. The van der Waals surface area contributed by atoms with Gasteiger partial charge in [0.1, 0.15) is 4.90 Å². The summed E-state index contributed by atoms with van der Waals surface area (Å²) < 4.78 is 38.3. The summed E-state index contributed by atoms with van der Waals surface area (Å²) in [4.78, 5) is 2.30. The van der Waals surface area contributed by atoms with Crippen molar-refractivity contribution in [1.29, 1.82) is 0 Å². The zero-order chi connectivity index (χ0) is 21.0. The van der Waals surface area contributed by atoms with E-state index in [9.17, 15) is 8.42 Å². The second-order valence-electron chi connectivity index (χ2n) is 6.83. The van der Waals surface area contributed by atoms with Crippen LogP contribution in [0.4, 0.5) is 0 Å². The second kappa shape index (κ2) is 10.9. The van der Waals surface area contributed by atoms with Gasteiger partial charge in [-0.05, 0) is 60.8 Å². The number of fused-ring (bicyclic) bond motifs is 1. The minimum Gasteiger partial charge on any atom is -0.493 e.